The minimum absolute atomic E-state index is 0.399. The van der Waals surface area contributed by atoms with Crippen molar-refractivity contribution in [1.82, 2.24) is 9.78 Å². The first kappa shape index (κ1) is 12.1. The van der Waals surface area contributed by atoms with E-state index in [1.54, 1.807) is 29.1 Å². The smallest absolute Gasteiger partial charge is 0.248 e. The summed E-state index contributed by atoms with van der Waals surface area (Å²) in [5.41, 5.74) is 12.0. The summed E-state index contributed by atoms with van der Waals surface area (Å²) in [6, 6.07) is 5.01. The van der Waals surface area contributed by atoms with Crippen LogP contribution in [0.25, 0.3) is 5.69 Å². The fourth-order valence-corrected chi connectivity index (χ4v) is 2.17. The average Bonchev–Trinajstić information content (AvgIpc) is 2.58. The van der Waals surface area contributed by atoms with Gasteiger partial charge in [-0.15, -0.1) is 5.10 Å². The number of nitrogens with zero attached hydrogens (tertiary/aromatic N) is 2. The number of carbonyl (C=O) groups is 1. The van der Waals surface area contributed by atoms with Crippen molar-refractivity contribution in [3.8, 4) is 5.69 Å². The van der Waals surface area contributed by atoms with Gasteiger partial charge < -0.3 is 11.5 Å². The van der Waals surface area contributed by atoms with Crippen molar-refractivity contribution in [3.63, 3.8) is 0 Å². The number of hydrogen-bond acceptors (Lipinski definition) is 3. The number of anilines is 1. The highest BCUT2D eigenvalue weighted by molar-refractivity contribution is 9.11. The highest BCUT2D eigenvalue weighted by Gasteiger charge is 2.09. The normalized spacial score (nSPS) is 10.5. The third kappa shape index (κ3) is 2.34. The molecule has 1 heterocycles. The summed E-state index contributed by atoms with van der Waals surface area (Å²) < 4.78 is 3.03. The van der Waals surface area contributed by atoms with E-state index in [0.717, 1.165) is 5.69 Å². The second kappa shape index (κ2) is 4.50. The van der Waals surface area contributed by atoms with Crippen molar-refractivity contribution >= 4 is 43.6 Å². The molecule has 0 bridgehead atoms. The summed E-state index contributed by atoms with van der Waals surface area (Å²) in [5.74, 6) is -0.0747. The lowest BCUT2D eigenvalue weighted by molar-refractivity contribution is 0.100. The van der Waals surface area contributed by atoms with Gasteiger partial charge in [0.1, 0.15) is 0 Å². The molecule has 0 spiro atoms. The van der Waals surface area contributed by atoms with E-state index in [-0.39, 0.29) is 0 Å². The standard InChI is InChI=1S/C10H8Br2N4O/c11-6-3-5(10(14)17)1-2-8(6)16-4-7(12)9(13)15-16/h1-4H,(H2,13,15)(H2,14,17). The summed E-state index contributed by atoms with van der Waals surface area (Å²) in [4.78, 5) is 11.0. The van der Waals surface area contributed by atoms with E-state index in [2.05, 4.69) is 37.0 Å². The molecule has 0 radical (unpaired) electrons. The zero-order chi connectivity index (χ0) is 12.6. The van der Waals surface area contributed by atoms with Crippen molar-refractivity contribution in [3.05, 3.63) is 38.9 Å². The molecule has 0 saturated heterocycles. The number of carbonyl (C=O) groups excluding carboxylic acids is 1. The summed E-state index contributed by atoms with van der Waals surface area (Å²) in [6.07, 6.45) is 1.74. The molecule has 1 amide bonds. The number of hydrogen-bond donors (Lipinski definition) is 2. The van der Waals surface area contributed by atoms with Crippen LogP contribution in [-0.2, 0) is 0 Å². The molecule has 1 aromatic carbocycles. The number of benzene rings is 1. The fraction of sp³-hybridized carbons (Fsp3) is 0. The van der Waals surface area contributed by atoms with Gasteiger partial charge in [-0.1, -0.05) is 0 Å². The number of halogens is 2. The zero-order valence-corrected chi connectivity index (χ0v) is 11.7. The Labute approximate surface area is 114 Å². The Balaban J connectivity index is 2.50. The summed E-state index contributed by atoms with van der Waals surface area (Å²) in [6.45, 7) is 0. The Bertz CT molecular complexity index is 574. The molecule has 1 aromatic heterocycles. The van der Waals surface area contributed by atoms with Gasteiger partial charge >= 0.3 is 0 Å². The molecular weight excluding hydrogens is 352 g/mol. The SMILES string of the molecule is NC(=O)c1ccc(-n2cc(Br)c(N)n2)c(Br)c1. The van der Waals surface area contributed by atoms with Gasteiger partial charge in [0.05, 0.1) is 10.2 Å². The number of aromatic nitrogens is 2. The number of nitrogen functional groups attached to an aromatic ring is 1. The largest absolute Gasteiger partial charge is 0.381 e. The number of primary amides is 1. The number of nitrogens with two attached hydrogens (primary N) is 2. The van der Waals surface area contributed by atoms with Crippen LogP contribution in [0.2, 0.25) is 0 Å². The highest BCUT2D eigenvalue weighted by atomic mass is 79.9. The molecule has 0 saturated carbocycles. The maximum absolute atomic E-state index is 11.0. The highest BCUT2D eigenvalue weighted by Crippen LogP contribution is 2.25. The van der Waals surface area contributed by atoms with Crippen LogP contribution >= 0.6 is 31.9 Å². The lowest BCUT2D eigenvalue weighted by Gasteiger charge is -2.05. The Morgan fingerprint density at radius 3 is 2.47 bits per heavy atom. The van der Waals surface area contributed by atoms with Crippen LogP contribution in [0.3, 0.4) is 0 Å². The lowest BCUT2D eigenvalue weighted by Crippen LogP contribution is -2.11. The number of rotatable bonds is 2. The Morgan fingerprint density at radius 2 is 2.00 bits per heavy atom. The van der Waals surface area contributed by atoms with Crippen LogP contribution in [0, 0.1) is 0 Å². The summed E-state index contributed by atoms with van der Waals surface area (Å²) >= 11 is 6.64. The molecule has 0 aliphatic heterocycles. The third-order valence-electron chi connectivity index (χ3n) is 2.17. The van der Waals surface area contributed by atoms with Crippen LogP contribution in [0.1, 0.15) is 10.4 Å². The third-order valence-corrected chi connectivity index (χ3v) is 3.42. The van der Waals surface area contributed by atoms with Crippen LogP contribution in [-0.4, -0.2) is 15.7 Å². The predicted molar refractivity (Wildman–Crippen MR) is 71.9 cm³/mol. The number of amides is 1. The summed E-state index contributed by atoms with van der Waals surface area (Å²) in [7, 11) is 0. The first-order chi connectivity index (χ1) is 7.99. The topological polar surface area (TPSA) is 86.9 Å². The second-order valence-electron chi connectivity index (χ2n) is 3.34. The average molecular weight is 360 g/mol. The molecule has 0 unspecified atom stereocenters. The second-order valence-corrected chi connectivity index (χ2v) is 5.05. The molecule has 88 valence electrons. The molecule has 5 nitrogen and oxygen atoms in total. The molecule has 2 rings (SSSR count). The van der Waals surface area contributed by atoms with Crippen molar-refractivity contribution < 1.29 is 4.79 Å². The van der Waals surface area contributed by atoms with E-state index in [4.69, 9.17) is 11.5 Å². The van der Waals surface area contributed by atoms with E-state index >= 15 is 0 Å². The Kier molecular flexibility index (Phi) is 3.21. The molecule has 4 N–H and O–H groups in total. The Hall–Kier alpha value is -1.34. The van der Waals surface area contributed by atoms with Gasteiger partial charge in [0, 0.05) is 16.2 Å². The predicted octanol–water partition coefficient (Wildman–Crippen LogP) is 2.08. The molecule has 0 fully saturated rings. The zero-order valence-electron chi connectivity index (χ0n) is 8.52. The van der Waals surface area contributed by atoms with Gasteiger partial charge in [-0.05, 0) is 50.1 Å². The molecule has 2 aromatic rings. The van der Waals surface area contributed by atoms with E-state index in [0.29, 0.717) is 20.3 Å². The van der Waals surface area contributed by atoms with Gasteiger partial charge in [-0.3, -0.25) is 4.79 Å². The molecular formula is C10H8Br2N4O. The molecule has 0 atom stereocenters. The van der Waals surface area contributed by atoms with Crippen molar-refractivity contribution in [2.45, 2.75) is 0 Å². The van der Waals surface area contributed by atoms with Crippen molar-refractivity contribution in [2.24, 2.45) is 5.73 Å². The fourth-order valence-electron chi connectivity index (χ4n) is 1.34. The van der Waals surface area contributed by atoms with Gasteiger partial charge in [0.2, 0.25) is 5.91 Å². The van der Waals surface area contributed by atoms with Gasteiger partial charge in [0.15, 0.2) is 5.82 Å². The minimum atomic E-state index is -0.474. The first-order valence-corrected chi connectivity index (χ1v) is 6.18. The van der Waals surface area contributed by atoms with Crippen molar-refractivity contribution in [2.75, 3.05) is 5.73 Å². The van der Waals surface area contributed by atoms with Crippen LogP contribution in [0.4, 0.5) is 5.82 Å². The molecule has 7 heteroatoms. The molecule has 17 heavy (non-hydrogen) atoms. The van der Waals surface area contributed by atoms with Crippen LogP contribution in [0.5, 0.6) is 0 Å². The molecule has 0 aliphatic carbocycles. The maximum Gasteiger partial charge on any atom is 0.248 e. The maximum atomic E-state index is 11.0. The van der Waals surface area contributed by atoms with Crippen LogP contribution < -0.4 is 11.5 Å². The molecule has 0 aliphatic rings. The van der Waals surface area contributed by atoms with E-state index in [9.17, 15) is 4.79 Å². The minimum Gasteiger partial charge on any atom is -0.381 e. The van der Waals surface area contributed by atoms with Gasteiger partial charge in [-0.2, -0.15) is 0 Å². The monoisotopic (exact) mass is 358 g/mol. The first-order valence-electron chi connectivity index (χ1n) is 4.59. The van der Waals surface area contributed by atoms with E-state index < -0.39 is 5.91 Å². The van der Waals surface area contributed by atoms with Crippen molar-refractivity contribution in [1.29, 1.82) is 0 Å². The lowest BCUT2D eigenvalue weighted by atomic mass is 10.2. The van der Waals surface area contributed by atoms with Crippen LogP contribution in [0.15, 0.2) is 33.3 Å². The van der Waals surface area contributed by atoms with E-state index in [1.165, 1.54) is 0 Å². The Morgan fingerprint density at radius 1 is 1.29 bits per heavy atom. The van der Waals surface area contributed by atoms with E-state index in [1.807, 2.05) is 0 Å². The quantitative estimate of drug-likeness (QED) is 0.860. The van der Waals surface area contributed by atoms with Gasteiger partial charge in [-0.25, -0.2) is 4.68 Å². The van der Waals surface area contributed by atoms with Gasteiger partial charge in [0.25, 0.3) is 0 Å². The summed E-state index contributed by atoms with van der Waals surface area (Å²) in [5, 5.41) is 4.12.